The van der Waals surface area contributed by atoms with E-state index in [0.717, 1.165) is 103 Å². The van der Waals surface area contributed by atoms with Crippen molar-refractivity contribution in [1.29, 1.82) is 0 Å². The van der Waals surface area contributed by atoms with Gasteiger partial charge in [-0.2, -0.15) is 0 Å². The third-order valence-electron chi connectivity index (χ3n) is 11.0. The highest BCUT2D eigenvalue weighted by Gasteiger charge is 2.31. The lowest BCUT2D eigenvalue weighted by molar-refractivity contribution is -0.887. The molecule has 2 unspecified atom stereocenters. The largest absolute Gasteiger partial charge is 0.477 e. The van der Waals surface area contributed by atoms with E-state index in [1.165, 1.54) is 38.5 Å². The maximum absolute atomic E-state index is 12.8. The van der Waals surface area contributed by atoms with Gasteiger partial charge in [0.05, 0.1) is 34.4 Å². The van der Waals surface area contributed by atoms with Crippen LogP contribution in [0.3, 0.4) is 0 Å². The van der Waals surface area contributed by atoms with Gasteiger partial charge in [-0.15, -0.1) is 0 Å². The number of carboxylic acids is 1. The van der Waals surface area contributed by atoms with Crippen molar-refractivity contribution in [2.45, 2.75) is 193 Å². The minimum Gasteiger partial charge on any atom is -0.477 e. The Morgan fingerprint density at radius 1 is 0.435 bits per heavy atom. The predicted octanol–water partition coefficient (Wildman–Crippen LogP) is 15.9. The monoisotopic (exact) mass is 957 g/mol. The van der Waals surface area contributed by atoms with E-state index in [1.807, 2.05) is 21.1 Å². The molecule has 69 heavy (non-hydrogen) atoms. The molecule has 0 bridgehead atoms. The Bertz CT molecular complexity index is 1580. The summed E-state index contributed by atoms with van der Waals surface area (Å²) in [6, 6.07) is -0.634. The Hall–Kier alpha value is -4.53. The van der Waals surface area contributed by atoms with Crippen LogP contribution in [0, 0.1) is 0 Å². The van der Waals surface area contributed by atoms with Gasteiger partial charge in [0.25, 0.3) is 0 Å². The molecule has 2 atom stereocenters. The second-order valence-electron chi connectivity index (χ2n) is 18.4. The van der Waals surface area contributed by atoms with Gasteiger partial charge >= 0.3 is 17.9 Å². The van der Waals surface area contributed by atoms with Crippen molar-refractivity contribution in [3.63, 3.8) is 0 Å². The number of hydrogen-bond donors (Lipinski definition) is 1. The standard InChI is InChI=1S/C61H97NO7/c1-6-8-10-12-14-16-18-20-22-24-26-28-30-32-33-35-37-39-41-43-45-47-49-51-59(63)68-56-57(55-67-54-53-58(61(65)66)62(3,4)5)69-60(64)52-50-48-46-44-42-40-38-36-34-31-29-27-25-23-21-19-17-15-13-11-9-7-2/h8-11,14-17,20-23,26-29,32-33,37,39,43,45,57-58H,6-7,12-13,18-19,24-25,30-31,34-36,38,40-42,44,46-56H2,1-5H3/p+1/b10-8+,11-9+,16-14+,17-15+,22-20+,23-21+,28-26+,29-27+,33-32+,39-37+,45-43+. The summed E-state index contributed by atoms with van der Waals surface area (Å²) in [4.78, 5) is 37.2. The molecule has 0 radical (unpaired) electrons. The summed E-state index contributed by atoms with van der Waals surface area (Å²) in [7, 11) is 5.50. The zero-order valence-corrected chi connectivity index (χ0v) is 44.2. The van der Waals surface area contributed by atoms with Gasteiger partial charge in [-0.3, -0.25) is 9.59 Å². The normalized spacial score (nSPS) is 13.9. The van der Waals surface area contributed by atoms with Gasteiger partial charge in [-0.25, -0.2) is 4.79 Å². The summed E-state index contributed by atoms with van der Waals surface area (Å²) in [6.45, 7) is 4.43. The van der Waals surface area contributed by atoms with E-state index in [9.17, 15) is 19.5 Å². The zero-order valence-electron chi connectivity index (χ0n) is 44.2. The van der Waals surface area contributed by atoms with Crippen LogP contribution in [-0.4, -0.2) is 80.6 Å². The molecule has 0 rings (SSSR count). The van der Waals surface area contributed by atoms with E-state index in [2.05, 4.69) is 148 Å². The molecule has 0 saturated carbocycles. The van der Waals surface area contributed by atoms with Gasteiger partial charge in [0, 0.05) is 19.3 Å². The van der Waals surface area contributed by atoms with E-state index >= 15 is 0 Å². The first-order valence-corrected chi connectivity index (χ1v) is 26.7. The summed E-state index contributed by atoms with van der Waals surface area (Å²) >= 11 is 0. The van der Waals surface area contributed by atoms with Crippen molar-refractivity contribution < 1.29 is 38.2 Å². The number of rotatable bonds is 46. The number of carboxylic acid groups (broad SMARTS) is 1. The van der Waals surface area contributed by atoms with E-state index in [-0.39, 0.29) is 42.7 Å². The average Bonchev–Trinajstić information content (AvgIpc) is 3.31. The van der Waals surface area contributed by atoms with E-state index in [0.29, 0.717) is 19.3 Å². The van der Waals surface area contributed by atoms with Crippen molar-refractivity contribution in [3.8, 4) is 0 Å². The maximum atomic E-state index is 12.8. The van der Waals surface area contributed by atoms with Crippen LogP contribution in [0.5, 0.6) is 0 Å². The van der Waals surface area contributed by atoms with Gasteiger partial charge in [-0.05, 0) is 103 Å². The number of esters is 2. The SMILES string of the molecule is CC/C=C/C/C=C/C/C=C/C/C=C/C/C=C/C/C=C/C/C=C/CCCC(=O)OCC(COCCC(C(=O)O)[N+](C)(C)C)OC(=O)CCCCCCCCCCC/C=C/C/C=C/C/C=C/C/C=C/CC. The van der Waals surface area contributed by atoms with Crippen LogP contribution in [-0.2, 0) is 28.6 Å². The molecule has 0 aromatic heterocycles. The molecule has 0 heterocycles. The lowest BCUT2D eigenvalue weighted by atomic mass is 10.1. The molecule has 0 amide bonds. The Morgan fingerprint density at radius 3 is 1.17 bits per heavy atom. The minimum atomic E-state index is -0.889. The molecule has 8 nitrogen and oxygen atoms in total. The van der Waals surface area contributed by atoms with Gasteiger partial charge in [0.1, 0.15) is 6.61 Å². The van der Waals surface area contributed by atoms with Crippen molar-refractivity contribution in [1.82, 2.24) is 0 Å². The lowest BCUT2D eigenvalue weighted by Crippen LogP contribution is -2.50. The zero-order chi connectivity index (χ0) is 50.6. The van der Waals surface area contributed by atoms with Crippen LogP contribution < -0.4 is 0 Å². The first-order valence-electron chi connectivity index (χ1n) is 26.7. The summed E-state index contributed by atoms with van der Waals surface area (Å²) in [5, 5.41) is 9.67. The number of allylic oxidation sites excluding steroid dienone is 22. The van der Waals surface area contributed by atoms with E-state index < -0.39 is 18.1 Å². The molecular formula is C61H98NO7+. The third-order valence-corrected chi connectivity index (χ3v) is 11.0. The Labute approximate surface area is 422 Å². The third kappa shape index (κ3) is 48.3. The molecule has 0 fully saturated rings. The number of hydrogen-bond acceptors (Lipinski definition) is 6. The predicted molar refractivity (Wildman–Crippen MR) is 293 cm³/mol. The van der Waals surface area contributed by atoms with Crippen LogP contribution in [0.1, 0.15) is 181 Å². The Morgan fingerprint density at radius 2 is 0.783 bits per heavy atom. The van der Waals surface area contributed by atoms with Gasteiger partial charge < -0.3 is 23.8 Å². The van der Waals surface area contributed by atoms with Gasteiger partial charge in [0.15, 0.2) is 12.1 Å². The van der Waals surface area contributed by atoms with Crippen LogP contribution in [0.2, 0.25) is 0 Å². The summed E-state index contributed by atoms with van der Waals surface area (Å²) < 4.78 is 17.3. The summed E-state index contributed by atoms with van der Waals surface area (Å²) in [6.07, 6.45) is 72.2. The van der Waals surface area contributed by atoms with Crippen LogP contribution in [0.25, 0.3) is 0 Å². The number of likely N-dealkylation sites (N-methyl/N-ethyl adjacent to an activating group) is 1. The lowest BCUT2D eigenvalue weighted by Gasteiger charge is -2.31. The number of quaternary nitrogens is 1. The fourth-order valence-corrected chi connectivity index (χ4v) is 7.01. The highest BCUT2D eigenvalue weighted by Crippen LogP contribution is 2.14. The molecule has 0 saturated heterocycles. The van der Waals surface area contributed by atoms with Crippen molar-refractivity contribution >= 4 is 17.9 Å². The first-order chi connectivity index (χ1) is 33.6. The summed E-state index contributed by atoms with van der Waals surface area (Å²) in [5.41, 5.74) is 0. The Kier molecular flexibility index (Phi) is 46.6. The quantitative estimate of drug-likeness (QED) is 0.0281. The van der Waals surface area contributed by atoms with Crippen molar-refractivity contribution in [2.24, 2.45) is 0 Å². The molecule has 1 N–H and O–H groups in total. The fourth-order valence-electron chi connectivity index (χ4n) is 7.01. The molecular weight excluding hydrogens is 859 g/mol. The number of nitrogens with zero attached hydrogens (tertiary/aromatic N) is 1. The minimum absolute atomic E-state index is 0.0310. The molecule has 388 valence electrons. The second-order valence-corrected chi connectivity index (χ2v) is 18.4. The number of ether oxygens (including phenoxy) is 3. The van der Waals surface area contributed by atoms with Gasteiger partial charge in [0.2, 0.25) is 0 Å². The molecule has 0 aliphatic heterocycles. The van der Waals surface area contributed by atoms with E-state index in [4.69, 9.17) is 14.2 Å². The number of aliphatic carboxylic acids is 1. The van der Waals surface area contributed by atoms with E-state index in [1.54, 1.807) is 0 Å². The van der Waals surface area contributed by atoms with Gasteiger partial charge in [-0.1, -0.05) is 192 Å². The maximum Gasteiger partial charge on any atom is 0.362 e. The molecule has 0 aliphatic carbocycles. The number of carbonyl (C=O) groups excluding carboxylic acids is 2. The molecule has 0 spiro atoms. The summed E-state index contributed by atoms with van der Waals surface area (Å²) in [5.74, 6) is -1.57. The Balaban J connectivity index is 4.37. The van der Waals surface area contributed by atoms with Crippen LogP contribution in [0.4, 0.5) is 0 Å². The van der Waals surface area contributed by atoms with Crippen molar-refractivity contribution in [3.05, 3.63) is 134 Å². The average molecular weight is 957 g/mol. The van der Waals surface area contributed by atoms with Crippen molar-refractivity contribution in [2.75, 3.05) is 41.0 Å². The highest BCUT2D eigenvalue weighted by atomic mass is 16.6. The fraction of sp³-hybridized carbons (Fsp3) is 0.590. The smallest absolute Gasteiger partial charge is 0.362 e. The van der Waals surface area contributed by atoms with Crippen LogP contribution in [0.15, 0.2) is 134 Å². The number of unbranched alkanes of at least 4 members (excludes halogenated alkanes) is 10. The molecule has 0 aliphatic rings. The molecule has 0 aromatic rings. The molecule has 8 heteroatoms. The molecule has 0 aromatic carbocycles. The first kappa shape index (κ1) is 64.5. The highest BCUT2D eigenvalue weighted by molar-refractivity contribution is 5.72. The van der Waals surface area contributed by atoms with Crippen LogP contribution >= 0.6 is 0 Å². The number of carbonyl (C=O) groups is 3. The topological polar surface area (TPSA) is 99.1 Å². The second kappa shape index (κ2) is 49.9.